The van der Waals surface area contributed by atoms with Gasteiger partial charge in [0.2, 0.25) is 0 Å². The first-order chi connectivity index (χ1) is 7.58. The van der Waals surface area contributed by atoms with E-state index in [9.17, 15) is 0 Å². The molecule has 2 bridgehead atoms. The van der Waals surface area contributed by atoms with Crippen molar-refractivity contribution in [2.75, 3.05) is 0 Å². The zero-order chi connectivity index (χ0) is 11.3. The van der Waals surface area contributed by atoms with Crippen LogP contribution in [0.15, 0.2) is 0 Å². The Labute approximate surface area is 100 Å². The fourth-order valence-electron chi connectivity index (χ4n) is 8.16. The summed E-state index contributed by atoms with van der Waals surface area (Å²) in [6.45, 7) is 10.1. The molecule has 4 fully saturated rings. The van der Waals surface area contributed by atoms with E-state index < -0.39 is 0 Å². The molecule has 16 heavy (non-hydrogen) atoms. The lowest BCUT2D eigenvalue weighted by Crippen LogP contribution is -2.49. The van der Waals surface area contributed by atoms with Crippen molar-refractivity contribution in [3.05, 3.63) is 0 Å². The monoisotopic (exact) mass is 218 g/mol. The zero-order valence-corrected chi connectivity index (χ0v) is 11.3. The average molecular weight is 218 g/mol. The summed E-state index contributed by atoms with van der Waals surface area (Å²) in [6, 6.07) is 0. The minimum Gasteiger partial charge on any atom is -0.0648 e. The van der Waals surface area contributed by atoms with Gasteiger partial charge in [0.05, 0.1) is 0 Å². The van der Waals surface area contributed by atoms with Crippen LogP contribution in [0.4, 0.5) is 0 Å². The third kappa shape index (κ3) is 0.578. The highest BCUT2D eigenvalue weighted by Crippen LogP contribution is 2.99. The molecule has 4 rings (SSSR count). The molecule has 0 aromatic heterocycles. The van der Waals surface area contributed by atoms with Crippen LogP contribution in [0.5, 0.6) is 0 Å². The van der Waals surface area contributed by atoms with Gasteiger partial charge in [-0.3, -0.25) is 0 Å². The Morgan fingerprint density at radius 2 is 1.31 bits per heavy atom. The molecule has 6 atom stereocenters. The molecule has 4 saturated carbocycles. The molecule has 4 aliphatic rings. The second-order valence-electron chi connectivity index (χ2n) is 7.66. The Kier molecular flexibility index (Phi) is 1.50. The third-order valence-electron chi connectivity index (χ3n) is 8.13. The van der Waals surface area contributed by atoms with Crippen LogP contribution in [0.1, 0.15) is 59.8 Å². The van der Waals surface area contributed by atoms with Crippen molar-refractivity contribution in [3.8, 4) is 0 Å². The molecule has 0 heterocycles. The van der Waals surface area contributed by atoms with E-state index in [2.05, 4.69) is 27.7 Å². The standard InChI is InChI=1S/C16H26/c1-5-15-12-10-7-8-11(9-10)13(12)16(15,6-2)14(15,3)4/h10-13H,5-9H2,1-4H3/t10-,11+,12+,13-,15+,16-. The fraction of sp³-hybridized carbons (Fsp3) is 1.00. The van der Waals surface area contributed by atoms with E-state index in [4.69, 9.17) is 0 Å². The summed E-state index contributed by atoms with van der Waals surface area (Å²) in [7, 11) is 0. The molecule has 0 heteroatoms. The lowest BCUT2D eigenvalue weighted by molar-refractivity contribution is -0.0643. The van der Waals surface area contributed by atoms with E-state index >= 15 is 0 Å². The summed E-state index contributed by atoms with van der Waals surface area (Å²) < 4.78 is 0. The van der Waals surface area contributed by atoms with Crippen LogP contribution in [0.3, 0.4) is 0 Å². The predicted octanol–water partition coefficient (Wildman–Crippen LogP) is 4.49. The Balaban J connectivity index is 1.83. The molecule has 0 radical (unpaired) electrons. The fourth-order valence-corrected chi connectivity index (χ4v) is 8.16. The smallest absolute Gasteiger partial charge is 0.0145 e. The molecule has 0 spiro atoms. The Bertz CT molecular complexity index is 323. The minimum atomic E-state index is 0.667. The van der Waals surface area contributed by atoms with Crippen molar-refractivity contribution >= 4 is 0 Å². The second kappa shape index (κ2) is 2.40. The molecule has 0 unspecified atom stereocenters. The molecule has 0 amide bonds. The van der Waals surface area contributed by atoms with E-state index in [1.165, 1.54) is 12.8 Å². The van der Waals surface area contributed by atoms with Gasteiger partial charge in [-0.2, -0.15) is 0 Å². The van der Waals surface area contributed by atoms with Gasteiger partial charge in [-0.15, -0.1) is 0 Å². The molecular formula is C16H26. The van der Waals surface area contributed by atoms with Crippen molar-refractivity contribution < 1.29 is 0 Å². The first-order valence-electron chi connectivity index (χ1n) is 7.58. The van der Waals surface area contributed by atoms with E-state index in [0.717, 1.165) is 34.5 Å². The second-order valence-corrected chi connectivity index (χ2v) is 7.66. The van der Waals surface area contributed by atoms with Crippen molar-refractivity contribution in [1.82, 2.24) is 0 Å². The van der Waals surface area contributed by atoms with Gasteiger partial charge in [-0.05, 0) is 72.0 Å². The van der Waals surface area contributed by atoms with Gasteiger partial charge in [0.1, 0.15) is 0 Å². The van der Waals surface area contributed by atoms with Gasteiger partial charge >= 0.3 is 0 Å². The molecule has 4 aliphatic carbocycles. The Hall–Kier alpha value is 0. The minimum absolute atomic E-state index is 0.667. The number of rotatable bonds is 2. The Morgan fingerprint density at radius 1 is 0.875 bits per heavy atom. The molecular weight excluding hydrogens is 192 g/mol. The maximum atomic E-state index is 2.60. The highest BCUT2D eigenvalue weighted by Gasteiger charge is 2.95. The van der Waals surface area contributed by atoms with E-state index in [1.54, 1.807) is 19.3 Å². The van der Waals surface area contributed by atoms with Gasteiger partial charge in [-0.1, -0.05) is 27.7 Å². The SMILES string of the molecule is CC[C@@]12[C@H]3[C@@H]4CC[C@@H](C4)[C@H]3[C@]1(CC)C2(C)C. The van der Waals surface area contributed by atoms with Gasteiger partial charge in [0.25, 0.3) is 0 Å². The highest BCUT2D eigenvalue weighted by atomic mass is 15.0. The maximum Gasteiger partial charge on any atom is -0.0145 e. The lowest BCUT2D eigenvalue weighted by Gasteiger charge is -2.53. The molecule has 0 N–H and O–H groups in total. The van der Waals surface area contributed by atoms with E-state index in [-0.39, 0.29) is 0 Å². The van der Waals surface area contributed by atoms with Crippen LogP contribution in [0.2, 0.25) is 0 Å². The molecule has 0 aromatic carbocycles. The topological polar surface area (TPSA) is 0 Å². The summed E-state index contributed by atoms with van der Waals surface area (Å²) in [4.78, 5) is 0. The number of hydrogen-bond acceptors (Lipinski definition) is 0. The zero-order valence-electron chi connectivity index (χ0n) is 11.3. The first kappa shape index (κ1) is 9.97. The first-order valence-corrected chi connectivity index (χ1v) is 7.58. The molecule has 0 nitrogen and oxygen atoms in total. The van der Waals surface area contributed by atoms with Gasteiger partial charge in [-0.25, -0.2) is 0 Å². The van der Waals surface area contributed by atoms with Crippen LogP contribution in [-0.4, -0.2) is 0 Å². The number of fused-ring (bicyclic) bond motifs is 8. The van der Waals surface area contributed by atoms with E-state index in [1.807, 2.05) is 0 Å². The van der Waals surface area contributed by atoms with Gasteiger partial charge < -0.3 is 0 Å². The summed E-state index contributed by atoms with van der Waals surface area (Å²) >= 11 is 0. The summed E-state index contributed by atoms with van der Waals surface area (Å²) in [5.74, 6) is 4.56. The third-order valence-corrected chi connectivity index (χ3v) is 8.13. The lowest BCUT2D eigenvalue weighted by atomic mass is 9.50. The molecule has 0 aliphatic heterocycles. The molecule has 0 aromatic rings. The summed E-state index contributed by atoms with van der Waals surface area (Å²) in [6.07, 6.45) is 7.66. The van der Waals surface area contributed by atoms with Crippen molar-refractivity contribution in [3.63, 3.8) is 0 Å². The van der Waals surface area contributed by atoms with Crippen LogP contribution in [-0.2, 0) is 0 Å². The Morgan fingerprint density at radius 3 is 1.69 bits per heavy atom. The average Bonchev–Trinajstić information content (AvgIpc) is 2.66. The largest absolute Gasteiger partial charge is 0.0648 e. The van der Waals surface area contributed by atoms with Gasteiger partial charge in [0.15, 0.2) is 0 Å². The molecule has 0 saturated heterocycles. The van der Waals surface area contributed by atoms with Crippen molar-refractivity contribution in [2.45, 2.75) is 59.8 Å². The maximum absolute atomic E-state index is 2.60. The van der Waals surface area contributed by atoms with Gasteiger partial charge in [0, 0.05) is 0 Å². The van der Waals surface area contributed by atoms with Crippen LogP contribution in [0.25, 0.3) is 0 Å². The quantitative estimate of drug-likeness (QED) is 0.640. The molecule has 90 valence electrons. The summed E-state index contributed by atoms with van der Waals surface area (Å²) in [5, 5.41) is 0. The van der Waals surface area contributed by atoms with Crippen molar-refractivity contribution in [1.29, 1.82) is 0 Å². The number of hydrogen-bond donors (Lipinski definition) is 0. The van der Waals surface area contributed by atoms with Crippen LogP contribution >= 0.6 is 0 Å². The highest BCUT2D eigenvalue weighted by molar-refractivity contribution is 5.42. The normalized spacial score (nSPS) is 63.8. The van der Waals surface area contributed by atoms with Crippen molar-refractivity contribution in [2.24, 2.45) is 39.9 Å². The van der Waals surface area contributed by atoms with E-state index in [0.29, 0.717) is 5.41 Å². The van der Waals surface area contributed by atoms with Crippen LogP contribution < -0.4 is 0 Å². The van der Waals surface area contributed by atoms with Crippen LogP contribution in [0, 0.1) is 39.9 Å². The predicted molar refractivity (Wildman–Crippen MR) is 67.0 cm³/mol. The summed E-state index contributed by atoms with van der Waals surface area (Å²) in [5.41, 5.74) is 2.22.